The van der Waals surface area contributed by atoms with Gasteiger partial charge in [-0.3, -0.25) is 0 Å². The Balaban J connectivity index is 2.65. The van der Waals surface area contributed by atoms with Crippen molar-refractivity contribution in [3.8, 4) is 5.75 Å². The van der Waals surface area contributed by atoms with Gasteiger partial charge in [0.1, 0.15) is 5.75 Å². The zero-order valence-corrected chi connectivity index (χ0v) is 11.0. The second kappa shape index (κ2) is 6.27. The van der Waals surface area contributed by atoms with Crippen molar-refractivity contribution in [2.75, 3.05) is 6.61 Å². The van der Waals surface area contributed by atoms with Crippen LogP contribution >= 0.6 is 22.6 Å². The Bertz CT molecular complexity index is 284. The van der Waals surface area contributed by atoms with Gasteiger partial charge in [-0.2, -0.15) is 0 Å². The summed E-state index contributed by atoms with van der Waals surface area (Å²) in [5.41, 5.74) is 2.61. The number of ether oxygens (including phenoxy) is 1. The molecule has 1 aromatic carbocycles. The van der Waals surface area contributed by atoms with Crippen LogP contribution in [0.3, 0.4) is 0 Å². The summed E-state index contributed by atoms with van der Waals surface area (Å²) >= 11 is 2.38. The summed E-state index contributed by atoms with van der Waals surface area (Å²) in [7, 11) is 0. The van der Waals surface area contributed by atoms with Crippen LogP contribution in [0.5, 0.6) is 5.75 Å². The molecule has 0 bridgehead atoms. The van der Waals surface area contributed by atoms with Gasteiger partial charge in [-0.05, 0) is 19.4 Å². The van der Waals surface area contributed by atoms with Gasteiger partial charge in [0.25, 0.3) is 0 Å². The molecule has 0 aliphatic carbocycles. The van der Waals surface area contributed by atoms with Crippen LogP contribution in [0.2, 0.25) is 0 Å². The summed E-state index contributed by atoms with van der Waals surface area (Å²) in [4.78, 5) is 0. The Labute approximate surface area is 100.0 Å². The molecular formula is C12H17IO. The highest BCUT2D eigenvalue weighted by Crippen LogP contribution is 2.22. The third kappa shape index (κ3) is 3.48. The number of aryl methyl sites for hydroxylation is 1. The van der Waals surface area contributed by atoms with Crippen molar-refractivity contribution >= 4 is 22.6 Å². The molecule has 0 fully saturated rings. The van der Waals surface area contributed by atoms with Crippen molar-refractivity contribution in [3.63, 3.8) is 0 Å². The molecule has 0 saturated heterocycles. The Morgan fingerprint density at radius 3 is 2.79 bits per heavy atom. The van der Waals surface area contributed by atoms with Gasteiger partial charge in [-0.15, -0.1) is 0 Å². The van der Waals surface area contributed by atoms with Crippen LogP contribution in [0.4, 0.5) is 0 Å². The molecule has 0 aromatic heterocycles. The summed E-state index contributed by atoms with van der Waals surface area (Å²) in [6, 6.07) is 6.39. The van der Waals surface area contributed by atoms with Crippen LogP contribution < -0.4 is 4.74 Å². The third-order valence-corrected chi connectivity index (χ3v) is 2.94. The lowest BCUT2D eigenvalue weighted by Crippen LogP contribution is -1.99. The maximum absolute atomic E-state index is 5.72. The molecule has 2 heteroatoms. The summed E-state index contributed by atoms with van der Waals surface area (Å²) < 4.78 is 6.73. The number of hydrogen-bond donors (Lipinski definition) is 0. The maximum Gasteiger partial charge on any atom is 0.123 e. The number of hydrogen-bond acceptors (Lipinski definition) is 1. The summed E-state index contributed by atoms with van der Waals surface area (Å²) in [6.45, 7) is 5.13. The normalized spacial score (nSPS) is 10.2. The zero-order valence-electron chi connectivity index (χ0n) is 8.85. The Hall–Kier alpha value is -0.250. The van der Waals surface area contributed by atoms with E-state index in [2.05, 4.69) is 54.6 Å². The minimum Gasteiger partial charge on any atom is -0.493 e. The molecule has 0 amide bonds. The van der Waals surface area contributed by atoms with E-state index in [-0.39, 0.29) is 0 Å². The lowest BCUT2D eigenvalue weighted by atomic mass is 10.1. The third-order valence-electron chi connectivity index (χ3n) is 2.12. The van der Waals surface area contributed by atoms with Gasteiger partial charge in [0.15, 0.2) is 0 Å². The molecule has 1 aromatic rings. The second-order valence-electron chi connectivity index (χ2n) is 3.45. The molecule has 0 N–H and O–H groups in total. The van der Waals surface area contributed by atoms with Crippen LogP contribution in [0.25, 0.3) is 0 Å². The highest BCUT2D eigenvalue weighted by atomic mass is 127. The first-order valence-corrected chi connectivity index (χ1v) is 6.58. The Morgan fingerprint density at radius 1 is 1.36 bits per heavy atom. The largest absolute Gasteiger partial charge is 0.493 e. The smallest absolute Gasteiger partial charge is 0.123 e. The van der Waals surface area contributed by atoms with Crippen molar-refractivity contribution in [2.45, 2.75) is 31.1 Å². The minimum atomic E-state index is 0.837. The van der Waals surface area contributed by atoms with Crippen molar-refractivity contribution in [1.82, 2.24) is 0 Å². The first kappa shape index (κ1) is 11.8. The van der Waals surface area contributed by atoms with Gasteiger partial charge < -0.3 is 4.74 Å². The van der Waals surface area contributed by atoms with Crippen molar-refractivity contribution < 1.29 is 4.74 Å². The van der Waals surface area contributed by atoms with Gasteiger partial charge in [-0.25, -0.2) is 0 Å². The van der Waals surface area contributed by atoms with Crippen LogP contribution in [0, 0.1) is 6.92 Å². The lowest BCUT2D eigenvalue weighted by Gasteiger charge is -2.10. The number of rotatable bonds is 5. The number of alkyl halides is 1. The van der Waals surface area contributed by atoms with E-state index in [1.54, 1.807) is 0 Å². The number of benzene rings is 1. The molecule has 1 nitrogen and oxygen atoms in total. The average Bonchev–Trinajstić information content (AvgIpc) is 2.20. The SMILES string of the molecule is CCCCOc1ccc(C)cc1CI. The lowest BCUT2D eigenvalue weighted by molar-refractivity contribution is 0.307. The van der Waals surface area contributed by atoms with Crippen LogP contribution in [-0.4, -0.2) is 6.61 Å². The highest BCUT2D eigenvalue weighted by Gasteiger charge is 2.01. The van der Waals surface area contributed by atoms with Crippen LogP contribution in [0.15, 0.2) is 18.2 Å². The monoisotopic (exact) mass is 304 g/mol. The van der Waals surface area contributed by atoms with E-state index in [0.717, 1.165) is 23.2 Å². The predicted octanol–water partition coefficient (Wildman–Crippen LogP) is 4.11. The van der Waals surface area contributed by atoms with Gasteiger partial charge in [-0.1, -0.05) is 53.6 Å². The predicted molar refractivity (Wildman–Crippen MR) is 69.3 cm³/mol. The van der Waals surface area contributed by atoms with Crippen LogP contribution in [-0.2, 0) is 4.43 Å². The zero-order chi connectivity index (χ0) is 10.4. The van der Waals surface area contributed by atoms with E-state index in [1.165, 1.54) is 17.5 Å². The second-order valence-corrected chi connectivity index (χ2v) is 4.21. The summed E-state index contributed by atoms with van der Waals surface area (Å²) in [6.07, 6.45) is 2.32. The standard InChI is InChI=1S/C12H17IO/c1-3-4-7-14-12-6-5-10(2)8-11(12)9-13/h5-6,8H,3-4,7,9H2,1-2H3. The van der Waals surface area contributed by atoms with E-state index >= 15 is 0 Å². The molecule has 78 valence electrons. The molecule has 1 rings (SSSR count). The molecule has 0 unspecified atom stereocenters. The topological polar surface area (TPSA) is 9.23 Å². The van der Waals surface area contributed by atoms with Gasteiger partial charge in [0.2, 0.25) is 0 Å². The minimum absolute atomic E-state index is 0.837. The Kier molecular flexibility index (Phi) is 5.30. The van der Waals surface area contributed by atoms with Crippen molar-refractivity contribution in [3.05, 3.63) is 29.3 Å². The molecule has 0 aliphatic rings. The first-order valence-electron chi connectivity index (χ1n) is 5.06. The molecule has 0 heterocycles. The molecule has 0 radical (unpaired) electrons. The van der Waals surface area contributed by atoms with E-state index in [4.69, 9.17) is 4.74 Å². The summed E-state index contributed by atoms with van der Waals surface area (Å²) in [5, 5.41) is 0. The van der Waals surface area contributed by atoms with Gasteiger partial charge in [0, 0.05) is 9.99 Å². The molecule has 0 spiro atoms. The fourth-order valence-electron chi connectivity index (χ4n) is 1.28. The van der Waals surface area contributed by atoms with E-state index in [0.29, 0.717) is 0 Å². The van der Waals surface area contributed by atoms with Gasteiger partial charge >= 0.3 is 0 Å². The molecular weight excluding hydrogens is 287 g/mol. The highest BCUT2D eigenvalue weighted by molar-refractivity contribution is 14.1. The fraction of sp³-hybridized carbons (Fsp3) is 0.500. The van der Waals surface area contributed by atoms with Crippen molar-refractivity contribution in [2.24, 2.45) is 0 Å². The average molecular weight is 304 g/mol. The van der Waals surface area contributed by atoms with Crippen molar-refractivity contribution in [1.29, 1.82) is 0 Å². The maximum atomic E-state index is 5.72. The van der Waals surface area contributed by atoms with E-state index in [1.807, 2.05) is 0 Å². The number of unbranched alkanes of at least 4 members (excludes halogenated alkanes) is 1. The number of halogens is 1. The fourth-order valence-corrected chi connectivity index (χ4v) is 1.88. The Morgan fingerprint density at radius 2 is 2.14 bits per heavy atom. The quantitative estimate of drug-likeness (QED) is 0.452. The first-order chi connectivity index (χ1) is 6.77. The van der Waals surface area contributed by atoms with E-state index in [9.17, 15) is 0 Å². The molecule has 0 aliphatic heterocycles. The van der Waals surface area contributed by atoms with E-state index < -0.39 is 0 Å². The summed E-state index contributed by atoms with van der Waals surface area (Å²) in [5.74, 6) is 1.05. The van der Waals surface area contributed by atoms with Gasteiger partial charge in [0.05, 0.1) is 6.61 Å². The van der Waals surface area contributed by atoms with Crippen LogP contribution in [0.1, 0.15) is 30.9 Å². The molecule has 0 atom stereocenters. The molecule has 14 heavy (non-hydrogen) atoms. The molecule has 0 saturated carbocycles.